The van der Waals surface area contributed by atoms with Gasteiger partial charge in [-0.25, -0.2) is 4.79 Å². The molecule has 1 aliphatic heterocycles. The molecule has 0 amide bonds. The van der Waals surface area contributed by atoms with Crippen molar-refractivity contribution >= 4 is 18.0 Å². The van der Waals surface area contributed by atoms with E-state index in [0.717, 1.165) is 36.5 Å². The van der Waals surface area contributed by atoms with Crippen LogP contribution < -0.4 is 4.74 Å². The van der Waals surface area contributed by atoms with Gasteiger partial charge in [-0.05, 0) is 42.2 Å². The molecule has 7 heteroatoms. The lowest BCUT2D eigenvalue weighted by Gasteiger charge is -2.29. The van der Waals surface area contributed by atoms with E-state index in [-0.39, 0.29) is 12.1 Å². The Labute approximate surface area is 200 Å². The van der Waals surface area contributed by atoms with Crippen molar-refractivity contribution in [3.05, 3.63) is 60.2 Å². The van der Waals surface area contributed by atoms with E-state index in [4.69, 9.17) is 14.2 Å². The smallest absolute Gasteiger partial charge is 0.328 e. The number of hydrogen-bond donors (Lipinski definition) is 1. The van der Waals surface area contributed by atoms with Crippen LogP contribution in [-0.4, -0.2) is 60.6 Å². The normalized spacial score (nSPS) is 17.1. The summed E-state index contributed by atoms with van der Waals surface area (Å²) >= 11 is 0. The van der Waals surface area contributed by atoms with E-state index in [1.54, 1.807) is 6.08 Å². The van der Waals surface area contributed by atoms with Gasteiger partial charge in [0.2, 0.25) is 0 Å². The van der Waals surface area contributed by atoms with Crippen LogP contribution in [0.2, 0.25) is 0 Å². The predicted molar refractivity (Wildman–Crippen MR) is 130 cm³/mol. The van der Waals surface area contributed by atoms with E-state index in [2.05, 4.69) is 11.8 Å². The molecule has 0 saturated carbocycles. The van der Waals surface area contributed by atoms with Gasteiger partial charge < -0.3 is 19.3 Å². The number of carboxylic acid groups (broad SMARTS) is 1. The summed E-state index contributed by atoms with van der Waals surface area (Å²) in [5.74, 6) is -0.752. The minimum Gasteiger partial charge on any atom is -0.478 e. The van der Waals surface area contributed by atoms with Crippen LogP contribution in [0.5, 0.6) is 5.75 Å². The van der Waals surface area contributed by atoms with Gasteiger partial charge in [0.15, 0.2) is 6.23 Å². The monoisotopic (exact) mass is 467 g/mol. The number of benzene rings is 2. The first-order valence-corrected chi connectivity index (χ1v) is 11.7. The van der Waals surface area contributed by atoms with Gasteiger partial charge in [-0.2, -0.15) is 0 Å². The Morgan fingerprint density at radius 2 is 1.97 bits per heavy atom. The predicted octanol–water partition coefficient (Wildman–Crippen LogP) is 4.61. The van der Waals surface area contributed by atoms with Gasteiger partial charge in [0, 0.05) is 38.3 Å². The van der Waals surface area contributed by atoms with Crippen molar-refractivity contribution in [3.63, 3.8) is 0 Å². The standard InChI is InChI=1S/C27H33NO6/c1-3-4-16-32-19-26(28-15-14-24(18-28)33-20(2)29)34-25-12-10-22(21-8-6-5-7-9-21)17-23(25)11-13-27(30)31/h5-13,17,24,26H,3-4,14-16,18-19H2,1-2H3,(H,30,31)/b13-11+. The number of likely N-dealkylation sites (tertiary alicyclic amines) is 1. The van der Waals surface area contributed by atoms with Crippen molar-refractivity contribution in [2.45, 2.75) is 45.4 Å². The molecule has 0 radical (unpaired) electrons. The van der Waals surface area contributed by atoms with E-state index >= 15 is 0 Å². The van der Waals surface area contributed by atoms with Gasteiger partial charge in [0.25, 0.3) is 0 Å². The minimum absolute atomic E-state index is 0.175. The third-order valence-electron chi connectivity index (χ3n) is 5.60. The molecule has 2 aromatic rings. The summed E-state index contributed by atoms with van der Waals surface area (Å²) in [5, 5.41) is 9.18. The summed E-state index contributed by atoms with van der Waals surface area (Å²) in [4.78, 5) is 24.7. The van der Waals surface area contributed by atoms with Crippen LogP contribution in [0.25, 0.3) is 17.2 Å². The molecule has 7 nitrogen and oxygen atoms in total. The van der Waals surface area contributed by atoms with Gasteiger partial charge in [0.1, 0.15) is 11.9 Å². The molecular formula is C27H33NO6. The van der Waals surface area contributed by atoms with Crippen molar-refractivity contribution in [2.24, 2.45) is 0 Å². The Morgan fingerprint density at radius 3 is 2.68 bits per heavy atom. The number of nitrogens with zero attached hydrogens (tertiary/aromatic N) is 1. The highest BCUT2D eigenvalue weighted by Gasteiger charge is 2.31. The highest BCUT2D eigenvalue weighted by atomic mass is 16.6. The third-order valence-corrected chi connectivity index (χ3v) is 5.60. The zero-order valence-electron chi connectivity index (χ0n) is 19.8. The summed E-state index contributed by atoms with van der Waals surface area (Å²) < 4.78 is 17.7. The number of esters is 1. The third kappa shape index (κ3) is 7.71. The average molecular weight is 468 g/mol. The van der Waals surface area contributed by atoms with E-state index in [1.165, 1.54) is 6.92 Å². The van der Waals surface area contributed by atoms with E-state index in [0.29, 0.717) is 37.6 Å². The number of carboxylic acids is 1. The first kappa shape index (κ1) is 25.5. The van der Waals surface area contributed by atoms with Crippen molar-refractivity contribution in [3.8, 4) is 16.9 Å². The molecule has 2 atom stereocenters. The second kappa shape index (κ2) is 12.9. The molecule has 1 fully saturated rings. The SMILES string of the molecule is CCCCOCC(Oc1ccc(-c2ccccc2)cc1/C=C/C(=O)O)N1CCC(OC(C)=O)C1. The first-order chi connectivity index (χ1) is 16.5. The summed E-state index contributed by atoms with van der Waals surface area (Å²) in [6, 6.07) is 15.6. The largest absolute Gasteiger partial charge is 0.478 e. The maximum atomic E-state index is 11.4. The zero-order chi connectivity index (χ0) is 24.3. The Hall–Kier alpha value is -3.16. The van der Waals surface area contributed by atoms with Gasteiger partial charge in [-0.3, -0.25) is 9.69 Å². The van der Waals surface area contributed by atoms with Crippen LogP contribution in [0.3, 0.4) is 0 Å². The number of hydrogen-bond acceptors (Lipinski definition) is 6. The number of carbonyl (C=O) groups excluding carboxylic acids is 1. The molecule has 182 valence electrons. The molecule has 34 heavy (non-hydrogen) atoms. The number of rotatable bonds is 12. The molecular weight excluding hydrogens is 434 g/mol. The molecule has 2 unspecified atom stereocenters. The second-order valence-corrected chi connectivity index (χ2v) is 8.31. The quantitative estimate of drug-likeness (QED) is 0.277. The summed E-state index contributed by atoms with van der Waals surface area (Å²) in [5.41, 5.74) is 2.66. The Bertz CT molecular complexity index is 974. The molecule has 1 heterocycles. The Kier molecular flexibility index (Phi) is 9.67. The lowest BCUT2D eigenvalue weighted by molar-refractivity contribution is -0.146. The van der Waals surface area contributed by atoms with Crippen LogP contribution in [0, 0.1) is 0 Å². The maximum Gasteiger partial charge on any atom is 0.328 e. The lowest BCUT2D eigenvalue weighted by Crippen LogP contribution is -2.42. The highest BCUT2D eigenvalue weighted by molar-refractivity contribution is 5.86. The van der Waals surface area contributed by atoms with Crippen molar-refractivity contribution < 1.29 is 28.9 Å². The molecule has 1 N–H and O–H groups in total. The number of carbonyl (C=O) groups is 2. The summed E-state index contributed by atoms with van der Waals surface area (Å²) in [6.07, 6.45) is 4.81. The summed E-state index contributed by atoms with van der Waals surface area (Å²) in [7, 11) is 0. The molecule has 2 aromatic carbocycles. The van der Waals surface area contributed by atoms with E-state index < -0.39 is 12.2 Å². The fourth-order valence-electron chi connectivity index (χ4n) is 3.89. The van der Waals surface area contributed by atoms with Crippen molar-refractivity contribution in [1.29, 1.82) is 0 Å². The summed E-state index contributed by atoms with van der Waals surface area (Å²) in [6.45, 7) is 5.79. The molecule has 0 bridgehead atoms. The minimum atomic E-state index is -1.03. The lowest BCUT2D eigenvalue weighted by atomic mass is 10.0. The topological polar surface area (TPSA) is 85.3 Å². The number of unbranched alkanes of at least 4 members (excludes halogenated alkanes) is 1. The molecule has 0 aromatic heterocycles. The molecule has 3 rings (SSSR count). The molecule has 0 aliphatic carbocycles. The first-order valence-electron chi connectivity index (χ1n) is 11.7. The van der Waals surface area contributed by atoms with Gasteiger partial charge in [-0.15, -0.1) is 0 Å². The van der Waals surface area contributed by atoms with Gasteiger partial charge >= 0.3 is 11.9 Å². The van der Waals surface area contributed by atoms with Gasteiger partial charge in [0.05, 0.1) is 6.61 Å². The van der Waals surface area contributed by atoms with Crippen molar-refractivity contribution in [2.75, 3.05) is 26.3 Å². The zero-order valence-corrected chi connectivity index (χ0v) is 19.8. The fraction of sp³-hybridized carbons (Fsp3) is 0.407. The van der Waals surface area contributed by atoms with Crippen LogP contribution in [0.1, 0.15) is 38.7 Å². The maximum absolute atomic E-state index is 11.4. The number of ether oxygens (including phenoxy) is 3. The van der Waals surface area contributed by atoms with Gasteiger partial charge in [-0.1, -0.05) is 49.7 Å². The molecule has 1 saturated heterocycles. The Balaban J connectivity index is 1.84. The van der Waals surface area contributed by atoms with Crippen molar-refractivity contribution in [1.82, 2.24) is 4.90 Å². The Morgan fingerprint density at radius 1 is 1.18 bits per heavy atom. The van der Waals surface area contributed by atoms with Crippen LogP contribution in [0.4, 0.5) is 0 Å². The highest BCUT2D eigenvalue weighted by Crippen LogP contribution is 2.30. The van der Waals surface area contributed by atoms with Crippen LogP contribution in [0.15, 0.2) is 54.6 Å². The second-order valence-electron chi connectivity index (χ2n) is 8.31. The van der Waals surface area contributed by atoms with Crippen LogP contribution in [-0.2, 0) is 19.1 Å². The molecule has 0 spiro atoms. The average Bonchev–Trinajstić information content (AvgIpc) is 3.28. The molecule has 1 aliphatic rings. The van der Waals surface area contributed by atoms with E-state index in [9.17, 15) is 14.7 Å². The van der Waals surface area contributed by atoms with E-state index in [1.807, 2.05) is 48.5 Å². The fourth-order valence-corrected chi connectivity index (χ4v) is 3.89. The van der Waals surface area contributed by atoms with Crippen LogP contribution >= 0.6 is 0 Å². The number of aliphatic carboxylic acids is 1.